The number of aliphatic hydroxyl groups is 1. The Hall–Kier alpha value is -0.330. The fourth-order valence-electron chi connectivity index (χ4n) is 0.552. The van der Waals surface area contributed by atoms with Gasteiger partial charge in [-0.3, -0.25) is 0 Å². The number of aliphatic hydroxyl groups excluding tert-OH is 1. The summed E-state index contributed by atoms with van der Waals surface area (Å²) in [4.78, 5) is 3.08. The van der Waals surface area contributed by atoms with Gasteiger partial charge in [0.05, 0.1) is 4.88 Å². The minimum absolute atomic E-state index is 0.0201. The molecule has 0 aliphatic heterocycles. The van der Waals surface area contributed by atoms with Crippen molar-refractivity contribution in [1.29, 1.82) is 0 Å². The lowest BCUT2D eigenvalue weighted by molar-refractivity contribution is -0.205. The van der Waals surface area contributed by atoms with Crippen LogP contribution < -0.4 is 0 Å². The largest absolute Gasteiger partial charge is 0.419 e. The van der Waals surface area contributed by atoms with Gasteiger partial charge in [0, 0.05) is 6.20 Å². The van der Waals surface area contributed by atoms with E-state index in [0.717, 1.165) is 6.20 Å². The molecule has 0 unspecified atom stereocenters. The summed E-state index contributed by atoms with van der Waals surface area (Å²) in [6.07, 6.45) is -6.23. The third kappa shape index (κ3) is 2.09. The first-order valence-electron chi connectivity index (χ1n) is 2.77. The van der Waals surface area contributed by atoms with Crippen LogP contribution in [0, 0.1) is 0 Å². The quantitative estimate of drug-likeness (QED) is 0.784. The highest BCUT2D eigenvalue weighted by Crippen LogP contribution is 2.35. The van der Waals surface area contributed by atoms with E-state index < -0.39 is 12.3 Å². The van der Waals surface area contributed by atoms with Gasteiger partial charge in [-0.2, -0.15) is 13.2 Å². The minimum atomic E-state index is -4.66. The number of hydrogen-bond acceptors (Lipinski definition) is 3. The van der Waals surface area contributed by atoms with Crippen LogP contribution in [0.4, 0.5) is 13.2 Å². The van der Waals surface area contributed by atoms with E-state index in [1.807, 2.05) is 0 Å². The normalized spacial score (nSPS) is 14.8. The Morgan fingerprint density at radius 3 is 2.50 bits per heavy atom. The van der Waals surface area contributed by atoms with Crippen LogP contribution in [-0.2, 0) is 0 Å². The third-order valence-electron chi connectivity index (χ3n) is 1.07. The van der Waals surface area contributed by atoms with Crippen LogP contribution in [0.1, 0.15) is 11.0 Å². The number of nitrogens with zero attached hydrogens (tertiary/aromatic N) is 1. The second-order valence-electron chi connectivity index (χ2n) is 1.96. The van der Waals surface area contributed by atoms with Crippen LogP contribution in [0.2, 0.25) is 4.47 Å². The number of halogens is 4. The molecule has 0 aliphatic rings. The van der Waals surface area contributed by atoms with Gasteiger partial charge in [0.25, 0.3) is 0 Å². The molecule has 0 aromatic carbocycles. The molecular formula is C5H3ClF3NOS. The molecule has 1 atom stereocenters. The summed E-state index contributed by atoms with van der Waals surface area (Å²) >= 11 is 5.89. The first kappa shape index (κ1) is 9.76. The van der Waals surface area contributed by atoms with Crippen LogP contribution in [0.5, 0.6) is 0 Å². The van der Waals surface area contributed by atoms with Crippen molar-refractivity contribution in [2.45, 2.75) is 12.3 Å². The summed E-state index contributed by atoms with van der Waals surface area (Å²) in [5.74, 6) is 0. The molecule has 12 heavy (non-hydrogen) atoms. The van der Waals surface area contributed by atoms with E-state index in [-0.39, 0.29) is 9.34 Å². The zero-order valence-corrected chi connectivity index (χ0v) is 7.04. The number of hydrogen-bond donors (Lipinski definition) is 1. The molecular weight excluding hydrogens is 215 g/mol. The van der Waals surface area contributed by atoms with Gasteiger partial charge in [0.1, 0.15) is 0 Å². The van der Waals surface area contributed by atoms with E-state index in [4.69, 9.17) is 16.7 Å². The van der Waals surface area contributed by atoms with Crippen molar-refractivity contribution < 1.29 is 18.3 Å². The Labute approximate surface area is 74.6 Å². The number of rotatable bonds is 1. The second-order valence-corrected chi connectivity index (χ2v) is 3.60. The number of thiazole rings is 1. The van der Waals surface area contributed by atoms with Gasteiger partial charge in [0.2, 0.25) is 0 Å². The fourth-order valence-corrected chi connectivity index (χ4v) is 1.52. The summed E-state index contributed by atoms with van der Waals surface area (Å²) in [7, 11) is 0. The maximum Gasteiger partial charge on any atom is 0.419 e. The summed E-state index contributed by atoms with van der Waals surface area (Å²) < 4.78 is 35.5. The van der Waals surface area contributed by atoms with Gasteiger partial charge < -0.3 is 5.11 Å². The SMILES string of the molecule is O[C@@H](c1cnc(Cl)s1)C(F)(F)F. The lowest BCUT2D eigenvalue weighted by Crippen LogP contribution is -2.18. The Bertz CT molecular complexity index is 274. The zero-order valence-electron chi connectivity index (χ0n) is 5.47. The van der Waals surface area contributed by atoms with E-state index in [1.54, 1.807) is 0 Å². The van der Waals surface area contributed by atoms with E-state index in [1.165, 1.54) is 0 Å². The van der Waals surface area contributed by atoms with Crippen molar-refractivity contribution in [3.63, 3.8) is 0 Å². The molecule has 0 aliphatic carbocycles. The summed E-state index contributed by atoms with van der Waals surface area (Å²) in [6, 6.07) is 0. The highest BCUT2D eigenvalue weighted by molar-refractivity contribution is 7.15. The minimum Gasteiger partial charge on any atom is -0.379 e. The molecule has 0 saturated heterocycles. The average Bonchev–Trinajstić information content (AvgIpc) is 2.32. The number of aromatic nitrogens is 1. The topological polar surface area (TPSA) is 33.1 Å². The van der Waals surface area contributed by atoms with E-state index in [2.05, 4.69) is 4.98 Å². The van der Waals surface area contributed by atoms with Crippen molar-refractivity contribution in [1.82, 2.24) is 4.98 Å². The van der Waals surface area contributed by atoms with Crippen LogP contribution in [0.25, 0.3) is 0 Å². The standard InChI is InChI=1S/C5H3ClF3NOS/c6-4-10-1-2(12-4)3(11)5(7,8)9/h1,3,11H/t3-/m0/s1. The highest BCUT2D eigenvalue weighted by Gasteiger charge is 2.40. The van der Waals surface area contributed by atoms with E-state index >= 15 is 0 Å². The maximum absolute atomic E-state index is 11.8. The molecule has 68 valence electrons. The Morgan fingerprint density at radius 2 is 2.17 bits per heavy atom. The summed E-state index contributed by atoms with van der Waals surface area (Å²) in [6.45, 7) is 0. The molecule has 1 aromatic heterocycles. The van der Waals surface area contributed by atoms with Crippen molar-refractivity contribution in [3.05, 3.63) is 15.5 Å². The first-order valence-corrected chi connectivity index (χ1v) is 3.96. The average molecular weight is 218 g/mol. The molecule has 0 amide bonds. The van der Waals surface area contributed by atoms with Gasteiger partial charge >= 0.3 is 6.18 Å². The molecule has 0 radical (unpaired) electrons. The summed E-state index contributed by atoms with van der Waals surface area (Å²) in [5, 5.41) is 8.66. The van der Waals surface area contributed by atoms with Gasteiger partial charge in [-0.1, -0.05) is 11.6 Å². The monoisotopic (exact) mass is 217 g/mol. The molecule has 7 heteroatoms. The number of alkyl halides is 3. The zero-order chi connectivity index (χ0) is 9.35. The molecule has 1 rings (SSSR count). The predicted octanol–water partition coefficient (Wildman–Crippen LogP) is 2.39. The molecule has 1 heterocycles. The third-order valence-corrected chi connectivity index (χ3v) is 2.24. The van der Waals surface area contributed by atoms with Crippen LogP contribution in [-0.4, -0.2) is 16.3 Å². The van der Waals surface area contributed by atoms with Crippen LogP contribution >= 0.6 is 22.9 Å². The second kappa shape index (κ2) is 3.20. The van der Waals surface area contributed by atoms with Crippen molar-refractivity contribution in [2.24, 2.45) is 0 Å². The maximum atomic E-state index is 11.8. The smallest absolute Gasteiger partial charge is 0.379 e. The lowest BCUT2D eigenvalue weighted by Gasteiger charge is -2.11. The molecule has 0 saturated carbocycles. The molecule has 0 fully saturated rings. The Balaban J connectivity index is 2.85. The van der Waals surface area contributed by atoms with Gasteiger partial charge in [-0.05, 0) is 0 Å². The van der Waals surface area contributed by atoms with Gasteiger partial charge in [-0.25, -0.2) is 4.98 Å². The van der Waals surface area contributed by atoms with Crippen molar-refractivity contribution >= 4 is 22.9 Å². The van der Waals surface area contributed by atoms with Crippen molar-refractivity contribution in [3.8, 4) is 0 Å². The van der Waals surface area contributed by atoms with Crippen molar-refractivity contribution in [2.75, 3.05) is 0 Å². The molecule has 0 spiro atoms. The Morgan fingerprint density at radius 1 is 1.58 bits per heavy atom. The lowest BCUT2D eigenvalue weighted by atomic mass is 10.3. The Kier molecular flexibility index (Phi) is 2.60. The fraction of sp³-hybridized carbons (Fsp3) is 0.400. The first-order chi connectivity index (χ1) is 5.41. The molecule has 0 bridgehead atoms. The van der Waals surface area contributed by atoms with Gasteiger partial charge in [-0.15, -0.1) is 11.3 Å². The van der Waals surface area contributed by atoms with Crippen LogP contribution in [0.3, 0.4) is 0 Å². The highest BCUT2D eigenvalue weighted by atomic mass is 35.5. The summed E-state index contributed by atoms with van der Waals surface area (Å²) in [5.41, 5.74) is 0. The molecule has 1 aromatic rings. The van der Waals surface area contributed by atoms with E-state index in [0.29, 0.717) is 11.3 Å². The predicted molar refractivity (Wildman–Crippen MR) is 38.1 cm³/mol. The van der Waals surface area contributed by atoms with Gasteiger partial charge in [0.15, 0.2) is 10.6 Å². The molecule has 1 N–H and O–H groups in total. The van der Waals surface area contributed by atoms with Crippen LogP contribution in [0.15, 0.2) is 6.20 Å². The van der Waals surface area contributed by atoms with E-state index in [9.17, 15) is 13.2 Å². The molecule has 2 nitrogen and oxygen atoms in total.